The Labute approximate surface area is 136 Å². The molecule has 1 aliphatic rings. The summed E-state index contributed by atoms with van der Waals surface area (Å²) in [5.41, 5.74) is 0.941. The van der Waals surface area contributed by atoms with Gasteiger partial charge >= 0.3 is 0 Å². The van der Waals surface area contributed by atoms with Crippen LogP contribution in [-0.4, -0.2) is 33.0 Å². The maximum Gasteiger partial charge on any atom is 0.242 e. The van der Waals surface area contributed by atoms with Crippen molar-refractivity contribution in [1.82, 2.24) is 10.0 Å². The molecule has 1 saturated carbocycles. The average Bonchev–Trinajstić information content (AvgIpc) is 3.27. The van der Waals surface area contributed by atoms with Gasteiger partial charge < -0.3 is 5.32 Å². The average molecular weight is 349 g/mol. The second-order valence-corrected chi connectivity index (χ2v) is 8.29. The number of rotatable bonds is 9. The fourth-order valence-corrected chi connectivity index (χ4v) is 3.97. The van der Waals surface area contributed by atoms with E-state index in [2.05, 4.69) is 10.0 Å². The zero-order valence-electron chi connectivity index (χ0n) is 12.1. The second kappa shape index (κ2) is 7.83. The van der Waals surface area contributed by atoms with E-state index >= 15 is 0 Å². The van der Waals surface area contributed by atoms with Gasteiger partial charge in [0.2, 0.25) is 10.0 Å². The summed E-state index contributed by atoms with van der Waals surface area (Å²) in [7, 11) is -3.54. The Kier molecular flexibility index (Phi) is 6.37. The van der Waals surface area contributed by atoms with E-state index in [-0.39, 0.29) is 9.92 Å². The molecule has 0 spiro atoms. The molecule has 7 heteroatoms. The van der Waals surface area contributed by atoms with E-state index in [1.807, 2.05) is 12.3 Å². The van der Waals surface area contributed by atoms with Crippen molar-refractivity contribution in [1.29, 1.82) is 0 Å². The van der Waals surface area contributed by atoms with Gasteiger partial charge in [-0.1, -0.05) is 17.7 Å². The van der Waals surface area contributed by atoms with Gasteiger partial charge in [0.05, 0.1) is 5.02 Å². The molecule has 0 amide bonds. The molecule has 0 aromatic heterocycles. The van der Waals surface area contributed by atoms with E-state index in [4.69, 9.17) is 11.6 Å². The van der Waals surface area contributed by atoms with Crippen LogP contribution >= 0.6 is 23.4 Å². The van der Waals surface area contributed by atoms with Crippen molar-refractivity contribution in [2.45, 2.75) is 36.7 Å². The minimum absolute atomic E-state index is 0.170. The van der Waals surface area contributed by atoms with Crippen molar-refractivity contribution in [3.8, 4) is 0 Å². The molecule has 0 saturated heterocycles. The highest BCUT2D eigenvalue weighted by Crippen LogP contribution is 2.24. The minimum Gasteiger partial charge on any atom is -0.310 e. The normalized spacial score (nSPS) is 15.3. The van der Waals surface area contributed by atoms with Crippen molar-refractivity contribution in [3.05, 3.63) is 28.8 Å². The van der Waals surface area contributed by atoms with Crippen molar-refractivity contribution in [2.24, 2.45) is 0 Å². The lowest BCUT2D eigenvalue weighted by atomic mass is 10.2. The predicted octanol–water partition coefficient (Wildman–Crippen LogP) is 2.62. The first-order valence-electron chi connectivity index (χ1n) is 7.03. The van der Waals surface area contributed by atoms with Crippen LogP contribution in [-0.2, 0) is 16.6 Å². The van der Waals surface area contributed by atoms with Gasteiger partial charge in [-0.25, -0.2) is 13.1 Å². The number of hydrogen-bond acceptors (Lipinski definition) is 4. The molecule has 0 unspecified atom stereocenters. The summed E-state index contributed by atoms with van der Waals surface area (Å²) in [6.45, 7) is 1.11. The van der Waals surface area contributed by atoms with Gasteiger partial charge in [-0.2, -0.15) is 11.8 Å². The zero-order valence-corrected chi connectivity index (χ0v) is 14.5. The van der Waals surface area contributed by atoms with Crippen LogP contribution in [0.25, 0.3) is 0 Å². The molecule has 1 fully saturated rings. The minimum atomic E-state index is -3.54. The molecular weight excluding hydrogens is 328 g/mol. The highest BCUT2D eigenvalue weighted by atomic mass is 35.5. The Morgan fingerprint density at radius 3 is 2.81 bits per heavy atom. The molecule has 0 atom stereocenters. The van der Waals surface area contributed by atoms with Crippen LogP contribution in [0.5, 0.6) is 0 Å². The van der Waals surface area contributed by atoms with Gasteiger partial charge in [-0.3, -0.25) is 0 Å². The topological polar surface area (TPSA) is 58.2 Å². The Bertz CT molecular complexity index is 574. The number of nitrogens with one attached hydrogen (secondary N) is 2. The molecule has 0 bridgehead atoms. The van der Waals surface area contributed by atoms with E-state index in [1.165, 1.54) is 12.8 Å². The number of thioether (sulfide) groups is 1. The van der Waals surface area contributed by atoms with Crippen LogP contribution in [0.3, 0.4) is 0 Å². The first kappa shape index (κ1) is 17.1. The van der Waals surface area contributed by atoms with Crippen LogP contribution in [0, 0.1) is 0 Å². The predicted molar refractivity (Wildman–Crippen MR) is 89.5 cm³/mol. The summed E-state index contributed by atoms with van der Waals surface area (Å²) >= 11 is 7.75. The van der Waals surface area contributed by atoms with Crippen molar-refractivity contribution < 1.29 is 8.42 Å². The molecule has 1 aromatic rings. The third-order valence-electron chi connectivity index (χ3n) is 3.27. The molecular formula is C14H21ClN2O2S2. The van der Waals surface area contributed by atoms with Gasteiger partial charge in [0, 0.05) is 19.1 Å². The number of halogens is 1. The summed E-state index contributed by atoms with van der Waals surface area (Å²) in [6.07, 6.45) is 5.22. The van der Waals surface area contributed by atoms with E-state index in [1.54, 1.807) is 23.9 Å². The van der Waals surface area contributed by atoms with Gasteiger partial charge in [-0.05, 0) is 49.0 Å². The Morgan fingerprint density at radius 1 is 1.38 bits per heavy atom. The van der Waals surface area contributed by atoms with Crippen molar-refractivity contribution in [2.75, 3.05) is 18.6 Å². The number of hydrogen-bond donors (Lipinski definition) is 2. The Morgan fingerprint density at radius 2 is 2.14 bits per heavy atom. The van der Waals surface area contributed by atoms with E-state index in [0.29, 0.717) is 19.1 Å². The molecule has 0 radical (unpaired) electrons. The third-order valence-corrected chi connectivity index (χ3v) is 5.91. The molecule has 0 heterocycles. The lowest BCUT2D eigenvalue weighted by molar-refractivity contribution is 0.580. The SMILES string of the molecule is CSCCCNS(=O)(=O)c1cc(CNC2CC2)ccc1Cl. The summed E-state index contributed by atoms with van der Waals surface area (Å²) in [5, 5.41) is 3.64. The first-order valence-corrected chi connectivity index (χ1v) is 10.3. The number of sulfonamides is 1. The maximum absolute atomic E-state index is 12.3. The molecule has 4 nitrogen and oxygen atoms in total. The Balaban J connectivity index is 2.03. The maximum atomic E-state index is 12.3. The number of benzene rings is 1. The highest BCUT2D eigenvalue weighted by molar-refractivity contribution is 7.98. The Hall–Kier alpha value is -0.270. The summed E-state index contributed by atoms with van der Waals surface area (Å²) in [6, 6.07) is 5.77. The van der Waals surface area contributed by atoms with Crippen LogP contribution in [0.4, 0.5) is 0 Å². The van der Waals surface area contributed by atoms with Gasteiger partial charge in [0.1, 0.15) is 4.90 Å². The highest BCUT2D eigenvalue weighted by Gasteiger charge is 2.21. The molecule has 1 aromatic carbocycles. The largest absolute Gasteiger partial charge is 0.310 e. The third kappa shape index (κ3) is 5.45. The monoisotopic (exact) mass is 348 g/mol. The molecule has 0 aliphatic heterocycles. The molecule has 2 rings (SSSR count). The fraction of sp³-hybridized carbons (Fsp3) is 0.571. The fourth-order valence-electron chi connectivity index (χ4n) is 1.91. The quantitative estimate of drug-likeness (QED) is 0.673. The van der Waals surface area contributed by atoms with E-state index in [0.717, 1.165) is 17.7 Å². The van der Waals surface area contributed by atoms with Crippen LogP contribution in [0.2, 0.25) is 5.02 Å². The molecule has 1 aliphatic carbocycles. The molecule has 118 valence electrons. The van der Waals surface area contributed by atoms with E-state index in [9.17, 15) is 8.42 Å². The van der Waals surface area contributed by atoms with Gasteiger partial charge in [-0.15, -0.1) is 0 Å². The van der Waals surface area contributed by atoms with Crippen molar-refractivity contribution in [3.63, 3.8) is 0 Å². The van der Waals surface area contributed by atoms with Crippen molar-refractivity contribution >= 4 is 33.4 Å². The summed E-state index contributed by atoms with van der Waals surface area (Å²) in [5.74, 6) is 0.932. The summed E-state index contributed by atoms with van der Waals surface area (Å²) in [4.78, 5) is 0.170. The smallest absolute Gasteiger partial charge is 0.242 e. The lowest BCUT2D eigenvalue weighted by Crippen LogP contribution is -2.25. The zero-order chi connectivity index (χ0) is 15.3. The van der Waals surface area contributed by atoms with E-state index < -0.39 is 10.0 Å². The first-order chi connectivity index (χ1) is 10.0. The van der Waals surface area contributed by atoms with Gasteiger partial charge in [0.25, 0.3) is 0 Å². The standard InChI is InChI=1S/C14H21ClN2O2S2/c1-20-8-2-7-17-21(18,19)14-9-11(3-6-13(14)15)10-16-12-4-5-12/h3,6,9,12,16-17H,2,4-5,7-8,10H2,1H3. The van der Waals surface area contributed by atoms with Gasteiger partial charge in [0.15, 0.2) is 0 Å². The second-order valence-electron chi connectivity index (χ2n) is 5.16. The molecule has 21 heavy (non-hydrogen) atoms. The van der Waals surface area contributed by atoms with Crippen LogP contribution < -0.4 is 10.0 Å². The lowest BCUT2D eigenvalue weighted by Gasteiger charge is -2.10. The van der Waals surface area contributed by atoms with Crippen LogP contribution in [0.15, 0.2) is 23.1 Å². The van der Waals surface area contributed by atoms with Crippen LogP contribution in [0.1, 0.15) is 24.8 Å². The summed E-state index contributed by atoms with van der Waals surface area (Å²) < 4.78 is 27.2. The molecule has 2 N–H and O–H groups in total.